The molecule has 7 heteroatoms. The van der Waals surface area contributed by atoms with Crippen LogP contribution in [0.1, 0.15) is 15.2 Å². The van der Waals surface area contributed by atoms with Crippen LogP contribution in [0.3, 0.4) is 0 Å². The van der Waals surface area contributed by atoms with Crippen molar-refractivity contribution in [2.24, 2.45) is 0 Å². The molecule has 2 rings (SSSR count). The summed E-state index contributed by atoms with van der Waals surface area (Å²) in [5.41, 5.74) is 6.55. The Kier molecular flexibility index (Phi) is 3.29. The maximum absolute atomic E-state index is 11.8. The Morgan fingerprint density at radius 1 is 1.65 bits per heavy atom. The van der Waals surface area contributed by atoms with Gasteiger partial charge in [-0.3, -0.25) is 4.79 Å². The van der Waals surface area contributed by atoms with E-state index in [1.54, 1.807) is 25.6 Å². The number of thiazole rings is 1. The largest absolute Gasteiger partial charge is 0.472 e. The third kappa shape index (κ3) is 2.56. The number of carbonyl (C=O) groups is 1. The van der Waals surface area contributed by atoms with Crippen molar-refractivity contribution in [3.8, 4) is 0 Å². The normalized spacial score (nSPS) is 10.2. The molecule has 90 valence electrons. The minimum absolute atomic E-state index is 0.234. The molecule has 1 amide bonds. The molecule has 0 aliphatic carbocycles. The summed E-state index contributed by atoms with van der Waals surface area (Å²) in [5.74, 6) is 0.00624. The van der Waals surface area contributed by atoms with Crippen LogP contribution in [-0.4, -0.2) is 17.9 Å². The molecule has 0 atom stereocenters. The van der Waals surface area contributed by atoms with Crippen LogP contribution in [0, 0.1) is 0 Å². The molecule has 0 aromatic carbocycles. The first-order chi connectivity index (χ1) is 8.20. The summed E-state index contributed by atoms with van der Waals surface area (Å²) in [6.07, 6.45) is 3.14. The highest BCUT2D eigenvalue weighted by Gasteiger charge is 2.15. The van der Waals surface area contributed by atoms with E-state index < -0.39 is 0 Å². The number of hydrogen-bond acceptors (Lipinski definition) is 6. The molecule has 17 heavy (non-hydrogen) atoms. The summed E-state index contributed by atoms with van der Waals surface area (Å²) in [4.78, 5) is 16.2. The summed E-state index contributed by atoms with van der Waals surface area (Å²) >= 11 is 1.22. The monoisotopic (exact) mass is 252 g/mol. The molecule has 6 nitrogen and oxygen atoms in total. The van der Waals surface area contributed by atoms with Gasteiger partial charge in [-0.25, -0.2) is 4.98 Å². The van der Waals surface area contributed by atoms with Crippen molar-refractivity contribution >= 4 is 28.2 Å². The first kappa shape index (κ1) is 11.5. The van der Waals surface area contributed by atoms with Gasteiger partial charge in [0.25, 0.3) is 5.91 Å². The van der Waals surface area contributed by atoms with Crippen molar-refractivity contribution in [1.82, 2.24) is 10.3 Å². The maximum Gasteiger partial charge on any atom is 0.265 e. The Morgan fingerprint density at radius 2 is 2.47 bits per heavy atom. The van der Waals surface area contributed by atoms with E-state index in [9.17, 15) is 4.79 Å². The van der Waals surface area contributed by atoms with Gasteiger partial charge in [0.15, 0.2) is 5.13 Å². The highest BCUT2D eigenvalue weighted by atomic mass is 32.1. The lowest BCUT2D eigenvalue weighted by Crippen LogP contribution is -2.22. The number of nitrogens with two attached hydrogens (primary N) is 1. The average Bonchev–Trinajstić information content (AvgIpc) is 2.94. The first-order valence-corrected chi connectivity index (χ1v) is 5.75. The van der Waals surface area contributed by atoms with E-state index in [0.29, 0.717) is 16.6 Å². The number of nitrogen functional groups attached to an aromatic ring is 1. The lowest BCUT2D eigenvalue weighted by molar-refractivity contribution is 0.0955. The number of furan rings is 1. The van der Waals surface area contributed by atoms with Gasteiger partial charge in [-0.2, -0.15) is 0 Å². The van der Waals surface area contributed by atoms with Crippen LogP contribution in [0.5, 0.6) is 0 Å². The molecule has 4 N–H and O–H groups in total. The first-order valence-electron chi connectivity index (χ1n) is 4.94. The number of aromatic nitrogens is 1. The van der Waals surface area contributed by atoms with Crippen molar-refractivity contribution in [2.75, 3.05) is 18.1 Å². The fourth-order valence-corrected chi connectivity index (χ4v) is 2.01. The summed E-state index contributed by atoms with van der Waals surface area (Å²) in [7, 11) is 1.73. The van der Waals surface area contributed by atoms with Crippen LogP contribution in [0.15, 0.2) is 23.0 Å². The van der Waals surface area contributed by atoms with Gasteiger partial charge in [-0.1, -0.05) is 11.3 Å². The van der Waals surface area contributed by atoms with Crippen LogP contribution in [0.25, 0.3) is 0 Å². The zero-order chi connectivity index (χ0) is 12.3. The minimum Gasteiger partial charge on any atom is -0.472 e. The molecule has 0 radical (unpaired) electrons. The number of anilines is 2. The summed E-state index contributed by atoms with van der Waals surface area (Å²) in [5, 5.41) is 6.21. The van der Waals surface area contributed by atoms with Gasteiger partial charge in [0.2, 0.25) is 0 Å². The summed E-state index contributed by atoms with van der Waals surface area (Å²) in [6.45, 7) is 0.404. The lowest BCUT2D eigenvalue weighted by Gasteiger charge is -2.00. The fourth-order valence-electron chi connectivity index (χ4n) is 1.26. The number of rotatable bonds is 4. The molecule has 0 fully saturated rings. The molecule has 0 saturated heterocycles. The lowest BCUT2D eigenvalue weighted by atomic mass is 10.3. The SMILES string of the molecule is CNc1nc(N)c(C(=O)NCc2ccoc2)s1. The molecule has 2 aromatic rings. The zero-order valence-corrected chi connectivity index (χ0v) is 10.0. The zero-order valence-electron chi connectivity index (χ0n) is 9.19. The van der Waals surface area contributed by atoms with Crippen LogP contribution < -0.4 is 16.4 Å². The van der Waals surface area contributed by atoms with Crippen molar-refractivity contribution in [3.05, 3.63) is 29.0 Å². The number of amides is 1. The molecule has 0 aliphatic rings. The molecule has 0 bridgehead atoms. The van der Waals surface area contributed by atoms with E-state index in [-0.39, 0.29) is 11.7 Å². The Labute approximate surface area is 102 Å². The van der Waals surface area contributed by atoms with Crippen molar-refractivity contribution in [3.63, 3.8) is 0 Å². The Bertz CT molecular complexity index is 506. The van der Waals surface area contributed by atoms with Gasteiger partial charge in [0.05, 0.1) is 12.5 Å². The van der Waals surface area contributed by atoms with E-state index in [1.807, 2.05) is 0 Å². The molecular formula is C10H12N4O2S. The van der Waals surface area contributed by atoms with E-state index in [0.717, 1.165) is 5.56 Å². The number of hydrogen-bond donors (Lipinski definition) is 3. The van der Waals surface area contributed by atoms with Gasteiger partial charge in [-0.15, -0.1) is 0 Å². The van der Waals surface area contributed by atoms with Crippen molar-refractivity contribution < 1.29 is 9.21 Å². The number of carbonyl (C=O) groups excluding carboxylic acids is 1. The predicted octanol–water partition coefficient (Wildman–Crippen LogP) is 1.29. The quantitative estimate of drug-likeness (QED) is 0.762. The molecular weight excluding hydrogens is 240 g/mol. The van der Waals surface area contributed by atoms with E-state index in [2.05, 4.69) is 15.6 Å². The van der Waals surface area contributed by atoms with Crippen LogP contribution in [-0.2, 0) is 6.54 Å². The predicted molar refractivity (Wildman–Crippen MR) is 66.0 cm³/mol. The van der Waals surface area contributed by atoms with Crippen molar-refractivity contribution in [2.45, 2.75) is 6.54 Å². The van der Waals surface area contributed by atoms with Gasteiger partial charge in [0.1, 0.15) is 10.7 Å². The second kappa shape index (κ2) is 4.88. The summed E-state index contributed by atoms with van der Waals surface area (Å²) < 4.78 is 4.90. The standard InChI is InChI=1S/C10H12N4O2S/c1-12-10-14-8(11)7(17-10)9(15)13-4-6-2-3-16-5-6/h2-3,5H,4,11H2,1H3,(H,12,14)(H,13,15). The van der Waals surface area contributed by atoms with Crippen LogP contribution >= 0.6 is 11.3 Å². The van der Waals surface area contributed by atoms with Gasteiger partial charge in [-0.05, 0) is 6.07 Å². The highest BCUT2D eigenvalue weighted by Crippen LogP contribution is 2.24. The minimum atomic E-state index is -0.234. The van der Waals surface area contributed by atoms with E-state index in [1.165, 1.54) is 11.3 Å². The summed E-state index contributed by atoms with van der Waals surface area (Å²) in [6, 6.07) is 1.79. The smallest absolute Gasteiger partial charge is 0.265 e. The topological polar surface area (TPSA) is 93.2 Å². The fraction of sp³-hybridized carbons (Fsp3) is 0.200. The molecule has 2 heterocycles. The van der Waals surface area contributed by atoms with Gasteiger partial charge < -0.3 is 20.8 Å². The second-order valence-electron chi connectivity index (χ2n) is 3.30. The molecule has 2 aromatic heterocycles. The van der Waals surface area contributed by atoms with Crippen LogP contribution in [0.2, 0.25) is 0 Å². The number of nitrogens with one attached hydrogen (secondary N) is 2. The second-order valence-corrected chi connectivity index (χ2v) is 4.30. The highest BCUT2D eigenvalue weighted by molar-refractivity contribution is 7.18. The Morgan fingerprint density at radius 3 is 3.06 bits per heavy atom. The van der Waals surface area contributed by atoms with Gasteiger partial charge >= 0.3 is 0 Å². The Hall–Kier alpha value is -2.02. The third-order valence-electron chi connectivity index (χ3n) is 2.11. The van der Waals surface area contributed by atoms with Crippen molar-refractivity contribution in [1.29, 1.82) is 0 Å². The third-order valence-corrected chi connectivity index (χ3v) is 3.19. The van der Waals surface area contributed by atoms with E-state index in [4.69, 9.17) is 10.2 Å². The average molecular weight is 252 g/mol. The van der Waals surface area contributed by atoms with Crippen LogP contribution in [0.4, 0.5) is 10.9 Å². The van der Waals surface area contributed by atoms with E-state index >= 15 is 0 Å². The molecule has 0 spiro atoms. The Balaban J connectivity index is 2.01. The number of nitrogens with zero attached hydrogens (tertiary/aromatic N) is 1. The maximum atomic E-state index is 11.8. The molecule has 0 unspecified atom stereocenters. The van der Waals surface area contributed by atoms with Gasteiger partial charge in [0, 0.05) is 19.2 Å². The molecule has 0 saturated carbocycles. The molecule has 0 aliphatic heterocycles.